The van der Waals surface area contributed by atoms with Gasteiger partial charge in [-0.25, -0.2) is 4.79 Å². The zero-order chi connectivity index (χ0) is 24.3. The van der Waals surface area contributed by atoms with E-state index in [0.717, 1.165) is 5.56 Å². The number of ketones is 1. The fourth-order valence-electron chi connectivity index (χ4n) is 4.32. The smallest absolute Gasteiger partial charge is 0.326 e. The third kappa shape index (κ3) is 5.68. The van der Waals surface area contributed by atoms with Gasteiger partial charge in [-0.15, -0.1) is 0 Å². The molecule has 0 aromatic heterocycles. The van der Waals surface area contributed by atoms with Crippen LogP contribution in [0, 0.1) is 17.3 Å². The molecule has 1 amide bonds. The van der Waals surface area contributed by atoms with Gasteiger partial charge in [0.15, 0.2) is 0 Å². The van der Waals surface area contributed by atoms with Crippen LogP contribution in [0.5, 0.6) is 5.75 Å². The zero-order valence-electron chi connectivity index (χ0n) is 18.7. The normalized spacial score (nSPS) is 19.8. The molecular formula is C25H27Cl2NO5. The van der Waals surface area contributed by atoms with Crippen LogP contribution in [0.2, 0.25) is 10.0 Å². The molecule has 0 heterocycles. The van der Waals surface area contributed by atoms with E-state index in [9.17, 15) is 19.5 Å². The molecule has 1 aliphatic rings. The van der Waals surface area contributed by atoms with Crippen LogP contribution in [-0.4, -0.2) is 28.8 Å². The van der Waals surface area contributed by atoms with Crippen LogP contribution in [-0.2, 0) is 27.4 Å². The number of hydrogen-bond acceptors (Lipinski definition) is 4. The summed E-state index contributed by atoms with van der Waals surface area (Å²) in [6.45, 7) is 5.47. The molecule has 1 aliphatic carbocycles. The van der Waals surface area contributed by atoms with Crippen LogP contribution in [0.25, 0.3) is 0 Å². The van der Waals surface area contributed by atoms with Gasteiger partial charge in [-0.1, -0.05) is 55.2 Å². The Morgan fingerprint density at radius 1 is 1.09 bits per heavy atom. The Morgan fingerprint density at radius 3 is 2.21 bits per heavy atom. The molecule has 0 aliphatic heterocycles. The Morgan fingerprint density at radius 2 is 1.70 bits per heavy atom. The van der Waals surface area contributed by atoms with Crippen molar-refractivity contribution in [3.8, 4) is 5.75 Å². The van der Waals surface area contributed by atoms with Crippen molar-refractivity contribution < 1.29 is 24.2 Å². The highest BCUT2D eigenvalue weighted by Gasteiger charge is 2.53. The van der Waals surface area contributed by atoms with Crippen LogP contribution in [0.1, 0.15) is 38.3 Å². The minimum atomic E-state index is -1.11. The summed E-state index contributed by atoms with van der Waals surface area (Å²) in [5.41, 5.74) is 0.937. The second kappa shape index (κ2) is 10.1. The lowest BCUT2D eigenvalue weighted by Crippen LogP contribution is -2.57. The lowest BCUT2D eigenvalue weighted by Gasteiger charge is -2.50. The Hall–Kier alpha value is -2.57. The van der Waals surface area contributed by atoms with Gasteiger partial charge in [-0.3, -0.25) is 9.59 Å². The first-order valence-corrected chi connectivity index (χ1v) is 11.4. The summed E-state index contributed by atoms with van der Waals surface area (Å²) in [6, 6.07) is 11.1. The number of halogens is 2. The van der Waals surface area contributed by atoms with Crippen molar-refractivity contribution >= 4 is 40.9 Å². The van der Waals surface area contributed by atoms with Crippen LogP contribution in [0.4, 0.5) is 0 Å². The number of carbonyl (C=O) groups excluding carboxylic acids is 2. The lowest BCUT2D eigenvalue weighted by atomic mass is 9.53. The van der Waals surface area contributed by atoms with E-state index in [1.807, 2.05) is 13.8 Å². The molecule has 0 radical (unpaired) electrons. The maximum atomic E-state index is 12.7. The van der Waals surface area contributed by atoms with Crippen LogP contribution < -0.4 is 10.1 Å². The Balaban J connectivity index is 1.59. The molecule has 3 rings (SSSR count). The summed E-state index contributed by atoms with van der Waals surface area (Å²) in [5.74, 6) is -1.38. The first-order valence-electron chi connectivity index (χ1n) is 10.7. The van der Waals surface area contributed by atoms with Crippen molar-refractivity contribution in [1.82, 2.24) is 5.32 Å². The van der Waals surface area contributed by atoms with Gasteiger partial charge in [-0.05, 0) is 48.6 Å². The number of hydrogen-bond donors (Lipinski definition) is 2. The van der Waals surface area contributed by atoms with Crippen molar-refractivity contribution in [2.24, 2.45) is 17.3 Å². The number of rotatable bonds is 9. The van der Waals surface area contributed by atoms with E-state index in [1.54, 1.807) is 42.5 Å². The highest BCUT2D eigenvalue weighted by Crippen LogP contribution is 2.51. The molecule has 2 aromatic rings. The number of carboxylic acid groups (broad SMARTS) is 1. The van der Waals surface area contributed by atoms with Crippen LogP contribution in [0.3, 0.4) is 0 Å². The van der Waals surface area contributed by atoms with Gasteiger partial charge < -0.3 is 15.2 Å². The van der Waals surface area contributed by atoms with Gasteiger partial charge in [0.2, 0.25) is 5.91 Å². The SMILES string of the molecule is CC(=O)[C@H]1C[C@H](C(=O)N[C@@H](Cc2ccc(OCc3c(Cl)cccc3Cl)cc2)C(=O)O)C1(C)C. The lowest BCUT2D eigenvalue weighted by molar-refractivity contribution is -0.152. The number of benzene rings is 2. The monoisotopic (exact) mass is 491 g/mol. The molecule has 3 atom stereocenters. The predicted octanol–water partition coefficient (Wildman–Crippen LogP) is 4.94. The van der Waals surface area contributed by atoms with Gasteiger partial charge in [0.05, 0.1) is 0 Å². The highest BCUT2D eigenvalue weighted by atomic mass is 35.5. The molecule has 1 fully saturated rings. The van der Waals surface area contributed by atoms with Crippen molar-refractivity contribution in [3.63, 3.8) is 0 Å². The maximum Gasteiger partial charge on any atom is 0.326 e. The van der Waals surface area contributed by atoms with E-state index in [0.29, 0.717) is 27.8 Å². The number of amides is 1. The summed E-state index contributed by atoms with van der Waals surface area (Å²) in [5, 5.41) is 13.3. The number of Topliss-reactive ketones (excluding diaryl/α,β-unsaturated/α-hetero) is 1. The molecule has 0 spiro atoms. The van der Waals surface area contributed by atoms with Crippen LogP contribution in [0.15, 0.2) is 42.5 Å². The number of ether oxygens (including phenoxy) is 1. The average Bonchev–Trinajstić information content (AvgIpc) is 2.73. The van der Waals surface area contributed by atoms with E-state index < -0.39 is 17.4 Å². The third-order valence-electron chi connectivity index (χ3n) is 6.50. The second-order valence-electron chi connectivity index (χ2n) is 9.01. The number of nitrogens with one attached hydrogen (secondary N) is 1. The molecule has 0 saturated heterocycles. The van der Waals surface area contributed by atoms with Gasteiger partial charge >= 0.3 is 5.97 Å². The van der Waals surface area contributed by atoms with Crippen molar-refractivity contribution in [3.05, 3.63) is 63.6 Å². The first-order chi connectivity index (χ1) is 15.5. The first kappa shape index (κ1) is 25.1. The molecule has 33 heavy (non-hydrogen) atoms. The summed E-state index contributed by atoms with van der Waals surface area (Å²) in [6.07, 6.45) is 0.572. The number of aliphatic carboxylic acids is 1. The molecule has 8 heteroatoms. The third-order valence-corrected chi connectivity index (χ3v) is 7.21. The zero-order valence-corrected chi connectivity index (χ0v) is 20.2. The minimum absolute atomic E-state index is 0.0537. The summed E-state index contributed by atoms with van der Waals surface area (Å²) >= 11 is 12.3. The largest absolute Gasteiger partial charge is 0.489 e. The summed E-state index contributed by atoms with van der Waals surface area (Å²) in [4.78, 5) is 36.2. The maximum absolute atomic E-state index is 12.7. The van der Waals surface area contributed by atoms with E-state index in [2.05, 4.69) is 5.32 Å². The standard InChI is InChI=1S/C25H27Cl2NO5/c1-14(29)18-12-19(25(18,2)3)23(30)28-22(24(31)32)11-15-7-9-16(10-8-15)33-13-17-20(26)5-4-6-21(17)27/h4-10,18-19,22H,11-13H2,1-3H3,(H,28,30)(H,31,32)/t18-,19-,22+/m1/s1. The molecule has 0 bridgehead atoms. The van der Waals surface area contributed by atoms with E-state index >= 15 is 0 Å². The Kier molecular flexibility index (Phi) is 7.70. The number of carboxylic acids is 1. The molecule has 1 saturated carbocycles. The molecule has 6 nitrogen and oxygen atoms in total. The molecular weight excluding hydrogens is 465 g/mol. The van der Waals surface area contributed by atoms with Gasteiger partial charge in [0, 0.05) is 33.9 Å². The summed E-state index contributed by atoms with van der Waals surface area (Å²) in [7, 11) is 0. The van der Waals surface area contributed by atoms with E-state index in [4.69, 9.17) is 27.9 Å². The summed E-state index contributed by atoms with van der Waals surface area (Å²) < 4.78 is 5.75. The van der Waals surface area contributed by atoms with Crippen molar-refractivity contribution in [2.75, 3.05) is 0 Å². The van der Waals surface area contributed by atoms with E-state index in [1.165, 1.54) is 6.92 Å². The fourth-order valence-corrected chi connectivity index (χ4v) is 4.82. The molecule has 176 valence electrons. The Bertz CT molecular complexity index is 1030. The van der Waals surface area contributed by atoms with Gasteiger partial charge in [0.1, 0.15) is 24.2 Å². The van der Waals surface area contributed by atoms with Crippen molar-refractivity contribution in [2.45, 2.75) is 46.3 Å². The Labute approximate surface area is 203 Å². The second-order valence-corrected chi connectivity index (χ2v) is 9.82. The van der Waals surface area contributed by atoms with Gasteiger partial charge in [-0.2, -0.15) is 0 Å². The van der Waals surface area contributed by atoms with Crippen molar-refractivity contribution in [1.29, 1.82) is 0 Å². The quantitative estimate of drug-likeness (QED) is 0.518. The highest BCUT2D eigenvalue weighted by molar-refractivity contribution is 6.35. The molecule has 0 unspecified atom stereocenters. The predicted molar refractivity (Wildman–Crippen MR) is 127 cm³/mol. The molecule has 2 N–H and O–H groups in total. The van der Waals surface area contributed by atoms with Crippen LogP contribution >= 0.6 is 23.2 Å². The molecule has 2 aromatic carbocycles. The van der Waals surface area contributed by atoms with E-state index in [-0.39, 0.29) is 36.6 Å². The topological polar surface area (TPSA) is 92.7 Å². The fraction of sp³-hybridized carbons (Fsp3) is 0.400. The average molecular weight is 492 g/mol. The minimum Gasteiger partial charge on any atom is -0.489 e. The number of carbonyl (C=O) groups is 3. The van der Waals surface area contributed by atoms with Gasteiger partial charge in [0.25, 0.3) is 0 Å².